The van der Waals surface area contributed by atoms with Gasteiger partial charge in [0, 0.05) is 5.56 Å². The molecule has 0 aromatic heterocycles. The summed E-state index contributed by atoms with van der Waals surface area (Å²) in [6.07, 6.45) is -0.461. The van der Waals surface area contributed by atoms with Crippen LogP contribution in [-0.4, -0.2) is 0 Å². The molecular formula is C34H26O. The number of hydrogen-bond acceptors (Lipinski definition) is 1. The summed E-state index contributed by atoms with van der Waals surface area (Å²) >= 11 is 0. The Morgan fingerprint density at radius 3 is 1.26 bits per heavy atom. The van der Waals surface area contributed by atoms with E-state index < -0.39 is 11.7 Å². The molecule has 5 rings (SSSR count). The van der Waals surface area contributed by atoms with Gasteiger partial charge in [-0.05, 0) is 34.4 Å². The SMILES string of the molecule is C(#CC(OC(c1ccccc1)(c1ccccc1)c1ccccc1)c1ccccc1)c1ccccc1. The summed E-state index contributed by atoms with van der Waals surface area (Å²) in [5, 5.41) is 0. The lowest BCUT2D eigenvalue weighted by atomic mass is 9.79. The van der Waals surface area contributed by atoms with E-state index in [1.165, 1.54) is 0 Å². The van der Waals surface area contributed by atoms with Crippen LogP contribution in [0.4, 0.5) is 0 Å². The number of rotatable bonds is 6. The molecule has 0 aliphatic carbocycles. The van der Waals surface area contributed by atoms with E-state index in [2.05, 4.69) is 96.8 Å². The van der Waals surface area contributed by atoms with Crippen LogP contribution in [0.1, 0.15) is 33.9 Å². The van der Waals surface area contributed by atoms with Crippen molar-refractivity contribution in [2.24, 2.45) is 0 Å². The summed E-state index contributed by atoms with van der Waals surface area (Å²) in [5.74, 6) is 6.79. The summed E-state index contributed by atoms with van der Waals surface area (Å²) in [6, 6.07) is 51.6. The Balaban J connectivity index is 1.73. The van der Waals surface area contributed by atoms with Crippen molar-refractivity contribution in [3.05, 3.63) is 179 Å². The zero-order valence-corrected chi connectivity index (χ0v) is 19.4. The van der Waals surface area contributed by atoms with Gasteiger partial charge in [-0.3, -0.25) is 0 Å². The zero-order chi connectivity index (χ0) is 23.8. The maximum atomic E-state index is 7.23. The smallest absolute Gasteiger partial charge is 0.145 e. The molecule has 0 radical (unpaired) electrons. The molecule has 0 spiro atoms. The van der Waals surface area contributed by atoms with Crippen LogP contribution in [0.5, 0.6) is 0 Å². The van der Waals surface area contributed by atoms with E-state index in [1.54, 1.807) is 0 Å². The molecule has 1 nitrogen and oxygen atoms in total. The van der Waals surface area contributed by atoms with Gasteiger partial charge in [0.2, 0.25) is 0 Å². The molecule has 0 amide bonds. The first-order valence-corrected chi connectivity index (χ1v) is 11.8. The summed E-state index contributed by atoms with van der Waals surface area (Å²) < 4.78 is 7.23. The van der Waals surface area contributed by atoms with Crippen molar-refractivity contribution in [1.29, 1.82) is 0 Å². The number of ether oxygens (including phenoxy) is 1. The van der Waals surface area contributed by atoms with Crippen LogP contribution in [0, 0.1) is 11.8 Å². The minimum absolute atomic E-state index is 0.461. The van der Waals surface area contributed by atoms with E-state index in [1.807, 2.05) is 66.7 Å². The third-order valence-corrected chi connectivity index (χ3v) is 6.06. The molecule has 0 saturated heterocycles. The number of hydrogen-bond donors (Lipinski definition) is 0. The van der Waals surface area contributed by atoms with E-state index in [4.69, 9.17) is 4.74 Å². The standard InChI is InChI=1S/C34H26O/c1-6-16-28(17-7-1)26-27-33(29-18-8-2-9-19-29)35-34(30-20-10-3-11-21-30,31-22-12-4-13-23-31)32-24-14-5-15-25-32/h1-25,33H. The van der Waals surface area contributed by atoms with E-state index >= 15 is 0 Å². The first kappa shape index (κ1) is 22.4. The molecule has 1 atom stereocenters. The van der Waals surface area contributed by atoms with Gasteiger partial charge in [-0.2, -0.15) is 0 Å². The van der Waals surface area contributed by atoms with Gasteiger partial charge in [0.15, 0.2) is 0 Å². The topological polar surface area (TPSA) is 9.23 Å². The highest BCUT2D eigenvalue weighted by Crippen LogP contribution is 2.43. The molecule has 35 heavy (non-hydrogen) atoms. The fourth-order valence-electron chi connectivity index (χ4n) is 4.38. The van der Waals surface area contributed by atoms with E-state index in [0.717, 1.165) is 27.8 Å². The molecule has 0 aliphatic rings. The van der Waals surface area contributed by atoms with Crippen molar-refractivity contribution in [1.82, 2.24) is 0 Å². The quantitative estimate of drug-likeness (QED) is 0.189. The minimum Gasteiger partial charge on any atom is -0.340 e. The highest BCUT2D eigenvalue weighted by molar-refractivity contribution is 5.48. The van der Waals surface area contributed by atoms with E-state index in [-0.39, 0.29) is 0 Å². The Bertz CT molecular complexity index is 1290. The van der Waals surface area contributed by atoms with Gasteiger partial charge in [-0.1, -0.05) is 151 Å². The highest BCUT2D eigenvalue weighted by atomic mass is 16.5. The Morgan fingerprint density at radius 1 is 0.457 bits per heavy atom. The van der Waals surface area contributed by atoms with Crippen LogP contribution >= 0.6 is 0 Å². The van der Waals surface area contributed by atoms with Crippen LogP contribution in [-0.2, 0) is 10.3 Å². The normalized spacial score (nSPS) is 11.8. The fraction of sp³-hybridized carbons (Fsp3) is 0.0588. The second kappa shape index (κ2) is 10.7. The van der Waals surface area contributed by atoms with Crippen molar-refractivity contribution < 1.29 is 4.74 Å². The molecule has 0 heterocycles. The maximum Gasteiger partial charge on any atom is 0.145 e. The van der Waals surface area contributed by atoms with Gasteiger partial charge in [-0.15, -0.1) is 0 Å². The van der Waals surface area contributed by atoms with Crippen LogP contribution in [0.3, 0.4) is 0 Å². The molecule has 1 unspecified atom stereocenters. The first-order chi connectivity index (χ1) is 17.4. The molecule has 168 valence electrons. The zero-order valence-electron chi connectivity index (χ0n) is 19.4. The molecule has 0 bridgehead atoms. The van der Waals surface area contributed by atoms with Gasteiger partial charge in [0.25, 0.3) is 0 Å². The summed E-state index contributed by atoms with van der Waals surface area (Å²) in [7, 11) is 0. The summed E-state index contributed by atoms with van der Waals surface area (Å²) in [6.45, 7) is 0. The Labute approximate surface area is 207 Å². The van der Waals surface area contributed by atoms with E-state index in [9.17, 15) is 0 Å². The lowest BCUT2D eigenvalue weighted by Crippen LogP contribution is -2.34. The molecule has 1 heteroatoms. The average Bonchev–Trinajstić information content (AvgIpc) is 2.96. The molecule has 0 aliphatic heterocycles. The molecule has 5 aromatic rings. The minimum atomic E-state index is -0.852. The van der Waals surface area contributed by atoms with Gasteiger partial charge in [0.1, 0.15) is 11.7 Å². The second-order valence-corrected chi connectivity index (χ2v) is 8.32. The lowest BCUT2D eigenvalue weighted by Gasteiger charge is -2.38. The van der Waals surface area contributed by atoms with Crippen LogP contribution in [0.2, 0.25) is 0 Å². The largest absolute Gasteiger partial charge is 0.340 e. The molecule has 0 N–H and O–H groups in total. The third-order valence-electron chi connectivity index (χ3n) is 6.06. The van der Waals surface area contributed by atoms with Crippen molar-refractivity contribution >= 4 is 0 Å². The van der Waals surface area contributed by atoms with Crippen molar-refractivity contribution in [2.45, 2.75) is 11.7 Å². The van der Waals surface area contributed by atoms with Crippen LogP contribution in [0.25, 0.3) is 0 Å². The Morgan fingerprint density at radius 2 is 0.829 bits per heavy atom. The Kier molecular flexibility index (Phi) is 6.85. The first-order valence-electron chi connectivity index (χ1n) is 11.8. The van der Waals surface area contributed by atoms with Gasteiger partial charge >= 0.3 is 0 Å². The van der Waals surface area contributed by atoms with Gasteiger partial charge < -0.3 is 4.74 Å². The average molecular weight is 451 g/mol. The predicted molar refractivity (Wildman–Crippen MR) is 143 cm³/mol. The van der Waals surface area contributed by atoms with Crippen molar-refractivity contribution in [3.63, 3.8) is 0 Å². The molecule has 0 saturated carbocycles. The van der Waals surface area contributed by atoms with Crippen LogP contribution < -0.4 is 0 Å². The molecule has 5 aromatic carbocycles. The maximum absolute atomic E-state index is 7.23. The van der Waals surface area contributed by atoms with Gasteiger partial charge in [-0.25, -0.2) is 0 Å². The summed E-state index contributed by atoms with van der Waals surface area (Å²) in [4.78, 5) is 0. The third kappa shape index (κ3) is 4.94. The van der Waals surface area contributed by atoms with Crippen molar-refractivity contribution in [3.8, 4) is 11.8 Å². The number of benzene rings is 5. The van der Waals surface area contributed by atoms with Crippen LogP contribution in [0.15, 0.2) is 152 Å². The van der Waals surface area contributed by atoms with Gasteiger partial charge in [0.05, 0.1) is 0 Å². The monoisotopic (exact) mass is 450 g/mol. The fourth-order valence-corrected chi connectivity index (χ4v) is 4.38. The Hall–Kier alpha value is -4.38. The highest BCUT2D eigenvalue weighted by Gasteiger charge is 2.39. The predicted octanol–water partition coefficient (Wildman–Crippen LogP) is 7.79. The lowest BCUT2D eigenvalue weighted by molar-refractivity contribution is -0.0213. The molecular weight excluding hydrogens is 424 g/mol. The van der Waals surface area contributed by atoms with Crippen molar-refractivity contribution in [2.75, 3.05) is 0 Å². The molecule has 0 fully saturated rings. The van der Waals surface area contributed by atoms with E-state index in [0.29, 0.717) is 0 Å². The summed E-state index contributed by atoms with van der Waals surface area (Å²) in [5.41, 5.74) is 4.29. The second-order valence-electron chi connectivity index (χ2n) is 8.32.